The molecule has 3 nitrogen and oxygen atoms in total. The summed E-state index contributed by atoms with van der Waals surface area (Å²) >= 11 is 0. The number of aryl methyl sites for hydroxylation is 2. The van der Waals surface area contributed by atoms with Gasteiger partial charge in [-0.1, -0.05) is 12.1 Å². The molecule has 2 rings (SSSR count). The Labute approximate surface area is 129 Å². The first-order valence-electron chi connectivity index (χ1n) is 6.69. The molecule has 22 heavy (non-hydrogen) atoms. The van der Waals surface area contributed by atoms with E-state index in [1.54, 1.807) is 27.7 Å². The van der Waals surface area contributed by atoms with Gasteiger partial charge >= 0.3 is 0 Å². The van der Waals surface area contributed by atoms with Crippen molar-refractivity contribution in [1.29, 1.82) is 0 Å². The van der Waals surface area contributed by atoms with Crippen LogP contribution in [0.5, 0.6) is 0 Å². The van der Waals surface area contributed by atoms with Crippen molar-refractivity contribution in [2.45, 2.75) is 32.6 Å². The predicted octanol–water partition coefficient (Wildman–Crippen LogP) is 4.00. The van der Waals surface area contributed by atoms with Crippen LogP contribution in [0.15, 0.2) is 29.2 Å². The summed E-state index contributed by atoms with van der Waals surface area (Å²) < 4.78 is 54.6. The van der Waals surface area contributed by atoms with Crippen LogP contribution in [0.1, 0.15) is 22.3 Å². The summed E-state index contributed by atoms with van der Waals surface area (Å²) in [6, 6.07) is 5.06. The standard InChI is InChI=1S/C16H17F2NO2S/c1-9-8-10(2)12(4)16(11(9)3)22(20,21)19-15-13(17)6-5-7-14(15)18/h5-8,19H,1-4H3. The zero-order valence-corrected chi connectivity index (χ0v) is 13.6. The molecular formula is C16H17F2NO2S. The number of hydrogen-bond acceptors (Lipinski definition) is 2. The molecular weight excluding hydrogens is 308 g/mol. The highest BCUT2D eigenvalue weighted by molar-refractivity contribution is 7.92. The Hall–Kier alpha value is -1.95. The predicted molar refractivity (Wildman–Crippen MR) is 82.6 cm³/mol. The molecule has 0 spiro atoms. The van der Waals surface area contributed by atoms with E-state index in [1.807, 2.05) is 10.8 Å². The molecule has 2 aromatic carbocycles. The molecule has 0 heterocycles. The van der Waals surface area contributed by atoms with Gasteiger partial charge in [-0.15, -0.1) is 0 Å². The summed E-state index contributed by atoms with van der Waals surface area (Å²) in [5, 5.41) is 0. The van der Waals surface area contributed by atoms with Crippen LogP contribution in [0, 0.1) is 39.3 Å². The summed E-state index contributed by atoms with van der Waals surface area (Å²) in [7, 11) is -4.09. The second-order valence-electron chi connectivity index (χ2n) is 5.29. The molecule has 0 fully saturated rings. The van der Waals surface area contributed by atoms with E-state index in [-0.39, 0.29) is 4.90 Å². The second kappa shape index (κ2) is 5.68. The van der Waals surface area contributed by atoms with Crippen molar-refractivity contribution in [1.82, 2.24) is 0 Å². The second-order valence-corrected chi connectivity index (χ2v) is 6.91. The molecule has 0 radical (unpaired) electrons. The van der Waals surface area contributed by atoms with Gasteiger partial charge in [-0.25, -0.2) is 17.2 Å². The van der Waals surface area contributed by atoms with Gasteiger partial charge in [0.15, 0.2) is 0 Å². The maximum Gasteiger partial charge on any atom is 0.262 e. The summed E-state index contributed by atoms with van der Waals surface area (Å²) in [6.07, 6.45) is 0. The summed E-state index contributed by atoms with van der Waals surface area (Å²) in [5.74, 6) is -1.91. The van der Waals surface area contributed by atoms with Gasteiger partial charge in [-0.3, -0.25) is 4.72 Å². The van der Waals surface area contributed by atoms with E-state index in [2.05, 4.69) is 0 Å². The molecule has 0 bridgehead atoms. The lowest BCUT2D eigenvalue weighted by atomic mass is 10.0. The molecule has 2 aromatic rings. The molecule has 0 unspecified atom stereocenters. The highest BCUT2D eigenvalue weighted by Crippen LogP contribution is 2.29. The van der Waals surface area contributed by atoms with Crippen molar-refractivity contribution >= 4 is 15.7 Å². The molecule has 0 aliphatic rings. The molecule has 1 N–H and O–H groups in total. The van der Waals surface area contributed by atoms with E-state index in [0.717, 1.165) is 23.3 Å². The van der Waals surface area contributed by atoms with Crippen molar-refractivity contribution in [3.05, 3.63) is 58.2 Å². The Balaban J connectivity index is 2.63. The third-order valence-electron chi connectivity index (χ3n) is 3.77. The van der Waals surface area contributed by atoms with Gasteiger partial charge in [0.2, 0.25) is 0 Å². The number of hydrogen-bond donors (Lipinski definition) is 1. The number of sulfonamides is 1. The fraction of sp³-hybridized carbons (Fsp3) is 0.250. The average molecular weight is 325 g/mol. The van der Waals surface area contributed by atoms with Gasteiger partial charge in [0.25, 0.3) is 10.0 Å². The van der Waals surface area contributed by atoms with E-state index < -0.39 is 27.3 Å². The molecule has 118 valence electrons. The van der Waals surface area contributed by atoms with Crippen molar-refractivity contribution in [3.63, 3.8) is 0 Å². The lowest BCUT2D eigenvalue weighted by Crippen LogP contribution is -2.18. The van der Waals surface area contributed by atoms with Crippen molar-refractivity contribution in [2.24, 2.45) is 0 Å². The van der Waals surface area contributed by atoms with Crippen LogP contribution in [-0.2, 0) is 10.0 Å². The molecule has 6 heteroatoms. The van der Waals surface area contributed by atoms with Crippen LogP contribution in [0.4, 0.5) is 14.5 Å². The minimum Gasteiger partial charge on any atom is -0.274 e. The Morgan fingerprint density at radius 3 is 1.82 bits per heavy atom. The first kappa shape index (κ1) is 16.4. The highest BCUT2D eigenvalue weighted by Gasteiger charge is 2.24. The number of anilines is 1. The molecule has 0 atom stereocenters. The Bertz CT molecular complexity index is 799. The molecule has 0 aromatic heterocycles. The number of para-hydroxylation sites is 1. The largest absolute Gasteiger partial charge is 0.274 e. The Kier molecular flexibility index (Phi) is 4.24. The van der Waals surface area contributed by atoms with E-state index in [9.17, 15) is 17.2 Å². The van der Waals surface area contributed by atoms with Crippen molar-refractivity contribution in [3.8, 4) is 0 Å². The quantitative estimate of drug-likeness (QED) is 0.927. The smallest absolute Gasteiger partial charge is 0.262 e. The third-order valence-corrected chi connectivity index (χ3v) is 5.39. The van der Waals surface area contributed by atoms with Gasteiger partial charge in [-0.2, -0.15) is 0 Å². The zero-order chi connectivity index (χ0) is 16.7. The van der Waals surface area contributed by atoms with Crippen LogP contribution < -0.4 is 4.72 Å². The molecule has 0 aliphatic carbocycles. The van der Waals surface area contributed by atoms with Gasteiger partial charge in [-0.05, 0) is 62.1 Å². The van der Waals surface area contributed by atoms with Gasteiger partial charge < -0.3 is 0 Å². The fourth-order valence-electron chi connectivity index (χ4n) is 2.36. The monoisotopic (exact) mass is 325 g/mol. The highest BCUT2D eigenvalue weighted by atomic mass is 32.2. The van der Waals surface area contributed by atoms with Crippen LogP contribution in [0.25, 0.3) is 0 Å². The van der Waals surface area contributed by atoms with Crippen LogP contribution in [-0.4, -0.2) is 8.42 Å². The normalized spacial score (nSPS) is 11.5. The number of nitrogens with one attached hydrogen (secondary N) is 1. The van der Waals surface area contributed by atoms with E-state index >= 15 is 0 Å². The lowest BCUT2D eigenvalue weighted by molar-refractivity contribution is 0.582. The number of halogens is 2. The van der Waals surface area contributed by atoms with Crippen LogP contribution in [0.2, 0.25) is 0 Å². The first-order valence-corrected chi connectivity index (χ1v) is 8.17. The Morgan fingerprint density at radius 1 is 0.909 bits per heavy atom. The van der Waals surface area contributed by atoms with Crippen LogP contribution >= 0.6 is 0 Å². The van der Waals surface area contributed by atoms with E-state index in [4.69, 9.17) is 0 Å². The summed E-state index contributed by atoms with van der Waals surface area (Å²) in [5.41, 5.74) is 2.06. The zero-order valence-electron chi connectivity index (χ0n) is 12.8. The number of rotatable bonds is 3. The maximum atomic E-state index is 13.7. The average Bonchev–Trinajstić information content (AvgIpc) is 2.41. The molecule has 0 aliphatic heterocycles. The van der Waals surface area contributed by atoms with Gasteiger partial charge in [0.1, 0.15) is 17.3 Å². The van der Waals surface area contributed by atoms with Gasteiger partial charge in [0, 0.05) is 0 Å². The van der Waals surface area contributed by atoms with E-state index in [0.29, 0.717) is 11.1 Å². The first-order chi connectivity index (χ1) is 10.1. The molecule has 0 amide bonds. The van der Waals surface area contributed by atoms with Crippen molar-refractivity contribution in [2.75, 3.05) is 4.72 Å². The topological polar surface area (TPSA) is 46.2 Å². The number of benzene rings is 2. The molecule has 0 saturated heterocycles. The maximum absolute atomic E-state index is 13.7. The van der Waals surface area contributed by atoms with Gasteiger partial charge in [0.05, 0.1) is 4.90 Å². The third kappa shape index (κ3) is 2.83. The van der Waals surface area contributed by atoms with Crippen molar-refractivity contribution < 1.29 is 17.2 Å². The molecule has 0 saturated carbocycles. The summed E-state index contributed by atoms with van der Waals surface area (Å²) in [4.78, 5) is 0.0626. The van der Waals surface area contributed by atoms with Crippen LogP contribution in [0.3, 0.4) is 0 Å². The minimum absolute atomic E-state index is 0.0626. The fourth-order valence-corrected chi connectivity index (χ4v) is 4.06. The summed E-state index contributed by atoms with van der Waals surface area (Å²) in [6.45, 7) is 6.94. The Morgan fingerprint density at radius 2 is 1.36 bits per heavy atom. The lowest BCUT2D eigenvalue weighted by Gasteiger charge is -2.17. The minimum atomic E-state index is -4.09. The van der Waals surface area contributed by atoms with E-state index in [1.165, 1.54) is 6.07 Å². The SMILES string of the molecule is Cc1cc(C)c(C)c(S(=O)(=O)Nc2c(F)cccc2F)c1C.